The largest absolute Gasteiger partial charge is 0.480 e. The van der Waals surface area contributed by atoms with Crippen LogP contribution in [0.1, 0.15) is 6.42 Å². The molecule has 13 heavy (non-hydrogen) atoms. The Morgan fingerprint density at radius 2 is 2.62 bits per heavy atom. The van der Waals surface area contributed by atoms with Crippen molar-refractivity contribution in [2.24, 2.45) is 10.9 Å². The molecule has 2 atom stereocenters. The quantitative estimate of drug-likeness (QED) is 0.322. The zero-order valence-corrected chi connectivity index (χ0v) is 6.73. The molecule has 0 amide bonds. The molecule has 7 heteroatoms. The van der Waals surface area contributed by atoms with E-state index in [2.05, 4.69) is 10.5 Å². The van der Waals surface area contributed by atoms with E-state index in [0.717, 1.165) is 0 Å². The third-order valence-electron chi connectivity index (χ3n) is 1.56. The van der Waals surface area contributed by atoms with Crippen LogP contribution in [-0.4, -0.2) is 35.4 Å². The SMILES string of the molecule is N=C(N)NC(C(=O)O)C1CC=NO1. The molecule has 0 saturated heterocycles. The molecule has 1 rings (SSSR count). The van der Waals surface area contributed by atoms with Crippen molar-refractivity contribution < 1.29 is 14.7 Å². The Balaban J connectivity index is 2.56. The van der Waals surface area contributed by atoms with Crippen LogP contribution in [0, 0.1) is 5.41 Å². The van der Waals surface area contributed by atoms with E-state index in [1.165, 1.54) is 6.21 Å². The molecule has 0 aromatic heterocycles. The van der Waals surface area contributed by atoms with Gasteiger partial charge in [-0.15, -0.1) is 0 Å². The summed E-state index contributed by atoms with van der Waals surface area (Å²) in [6.45, 7) is 0. The summed E-state index contributed by atoms with van der Waals surface area (Å²) in [5.41, 5.74) is 5.01. The van der Waals surface area contributed by atoms with Gasteiger partial charge in [0, 0.05) is 12.6 Å². The molecule has 0 aromatic carbocycles. The Labute approximate surface area is 74.1 Å². The van der Waals surface area contributed by atoms with E-state index in [0.29, 0.717) is 6.42 Å². The molecule has 1 aliphatic heterocycles. The van der Waals surface area contributed by atoms with Gasteiger partial charge in [-0.3, -0.25) is 5.41 Å². The Kier molecular flexibility index (Phi) is 2.68. The minimum Gasteiger partial charge on any atom is -0.480 e. The van der Waals surface area contributed by atoms with Gasteiger partial charge in [-0.25, -0.2) is 4.79 Å². The first-order chi connectivity index (χ1) is 6.11. The van der Waals surface area contributed by atoms with E-state index in [9.17, 15) is 4.79 Å². The average molecular weight is 186 g/mol. The van der Waals surface area contributed by atoms with Crippen LogP contribution in [0.2, 0.25) is 0 Å². The third-order valence-corrected chi connectivity index (χ3v) is 1.56. The second-order valence-electron chi connectivity index (χ2n) is 2.54. The van der Waals surface area contributed by atoms with Gasteiger partial charge >= 0.3 is 5.97 Å². The number of nitrogens with one attached hydrogen (secondary N) is 2. The molecule has 1 heterocycles. The highest BCUT2D eigenvalue weighted by Gasteiger charge is 2.31. The van der Waals surface area contributed by atoms with Crippen LogP contribution in [0.15, 0.2) is 5.16 Å². The van der Waals surface area contributed by atoms with Crippen molar-refractivity contribution in [3.8, 4) is 0 Å². The maximum Gasteiger partial charge on any atom is 0.330 e. The Bertz CT molecular complexity index is 244. The number of hydrogen-bond donors (Lipinski definition) is 4. The van der Waals surface area contributed by atoms with Crippen LogP contribution in [0.4, 0.5) is 0 Å². The monoisotopic (exact) mass is 186 g/mol. The van der Waals surface area contributed by atoms with Crippen LogP contribution < -0.4 is 11.1 Å². The van der Waals surface area contributed by atoms with Crippen LogP contribution >= 0.6 is 0 Å². The highest BCUT2D eigenvalue weighted by Crippen LogP contribution is 2.09. The number of carboxylic acids is 1. The molecule has 7 nitrogen and oxygen atoms in total. The fraction of sp³-hybridized carbons (Fsp3) is 0.500. The number of aliphatic carboxylic acids is 1. The van der Waals surface area contributed by atoms with Crippen molar-refractivity contribution in [2.75, 3.05) is 0 Å². The first kappa shape index (κ1) is 9.30. The Morgan fingerprint density at radius 3 is 3.00 bits per heavy atom. The lowest BCUT2D eigenvalue weighted by Crippen LogP contribution is -2.50. The minimum absolute atomic E-state index is 0.400. The summed E-state index contributed by atoms with van der Waals surface area (Å²) in [6.07, 6.45) is 1.28. The molecule has 0 saturated carbocycles. The molecule has 0 aromatic rings. The molecule has 0 bridgehead atoms. The van der Waals surface area contributed by atoms with Gasteiger partial charge in [-0.05, 0) is 0 Å². The molecular weight excluding hydrogens is 176 g/mol. The second-order valence-corrected chi connectivity index (χ2v) is 2.54. The molecular formula is C6H10N4O3. The van der Waals surface area contributed by atoms with Crippen molar-refractivity contribution in [3.63, 3.8) is 0 Å². The van der Waals surface area contributed by atoms with Gasteiger partial charge in [0.2, 0.25) is 0 Å². The zero-order valence-electron chi connectivity index (χ0n) is 6.73. The van der Waals surface area contributed by atoms with Gasteiger partial charge in [0.05, 0.1) is 0 Å². The number of hydrogen-bond acceptors (Lipinski definition) is 4. The fourth-order valence-electron chi connectivity index (χ4n) is 0.989. The average Bonchev–Trinajstić information content (AvgIpc) is 2.50. The zero-order chi connectivity index (χ0) is 9.84. The van der Waals surface area contributed by atoms with Crippen molar-refractivity contribution >= 4 is 18.1 Å². The van der Waals surface area contributed by atoms with Gasteiger partial charge in [-0.2, -0.15) is 0 Å². The maximum atomic E-state index is 10.7. The first-order valence-corrected chi connectivity index (χ1v) is 3.62. The van der Waals surface area contributed by atoms with Gasteiger partial charge in [0.15, 0.2) is 18.1 Å². The third kappa shape index (κ3) is 2.32. The summed E-state index contributed by atoms with van der Waals surface area (Å²) in [5.74, 6) is -1.52. The van der Waals surface area contributed by atoms with Crippen molar-refractivity contribution in [1.82, 2.24) is 5.32 Å². The predicted molar refractivity (Wildman–Crippen MR) is 44.5 cm³/mol. The predicted octanol–water partition coefficient (Wildman–Crippen LogP) is -1.30. The van der Waals surface area contributed by atoms with Crippen molar-refractivity contribution in [3.05, 3.63) is 0 Å². The lowest BCUT2D eigenvalue weighted by atomic mass is 10.1. The van der Waals surface area contributed by atoms with Crippen LogP contribution in [0.5, 0.6) is 0 Å². The van der Waals surface area contributed by atoms with Gasteiger partial charge in [-0.1, -0.05) is 5.16 Å². The number of carbonyl (C=O) groups is 1. The highest BCUT2D eigenvalue weighted by molar-refractivity contribution is 5.83. The van der Waals surface area contributed by atoms with E-state index in [1.54, 1.807) is 0 Å². The summed E-state index contributed by atoms with van der Waals surface area (Å²) >= 11 is 0. The molecule has 1 aliphatic rings. The molecule has 0 spiro atoms. The Hall–Kier alpha value is -1.79. The summed E-state index contributed by atoms with van der Waals surface area (Å²) in [5, 5.41) is 21.3. The standard InChI is InChI=1S/C6H10N4O3/c7-6(8)10-4(5(11)12)3-1-2-9-13-3/h2-4H,1H2,(H,11,12)(H4,7,8,10). The first-order valence-electron chi connectivity index (χ1n) is 3.62. The Morgan fingerprint density at radius 1 is 1.92 bits per heavy atom. The number of nitrogens with two attached hydrogens (primary N) is 1. The fourth-order valence-corrected chi connectivity index (χ4v) is 0.989. The number of oxime groups is 1. The highest BCUT2D eigenvalue weighted by atomic mass is 16.6. The van der Waals surface area contributed by atoms with E-state index >= 15 is 0 Å². The van der Waals surface area contributed by atoms with E-state index in [-0.39, 0.29) is 0 Å². The molecule has 72 valence electrons. The molecule has 5 N–H and O–H groups in total. The maximum absolute atomic E-state index is 10.7. The number of guanidine groups is 1. The topological polar surface area (TPSA) is 121 Å². The van der Waals surface area contributed by atoms with E-state index in [1.807, 2.05) is 0 Å². The van der Waals surface area contributed by atoms with Crippen LogP contribution in [0.3, 0.4) is 0 Å². The van der Waals surface area contributed by atoms with Crippen LogP contribution in [-0.2, 0) is 9.63 Å². The van der Waals surface area contributed by atoms with Gasteiger partial charge < -0.3 is 21.0 Å². The van der Waals surface area contributed by atoms with Crippen LogP contribution in [0.25, 0.3) is 0 Å². The minimum atomic E-state index is -1.12. The van der Waals surface area contributed by atoms with Crippen molar-refractivity contribution in [2.45, 2.75) is 18.6 Å². The molecule has 0 fully saturated rings. The molecule has 0 aliphatic carbocycles. The lowest BCUT2D eigenvalue weighted by Gasteiger charge is -2.18. The smallest absolute Gasteiger partial charge is 0.330 e. The van der Waals surface area contributed by atoms with Gasteiger partial charge in [0.25, 0.3) is 0 Å². The van der Waals surface area contributed by atoms with E-state index in [4.69, 9.17) is 21.1 Å². The number of nitrogens with zero attached hydrogens (tertiary/aromatic N) is 1. The summed E-state index contributed by atoms with van der Waals surface area (Å²) in [7, 11) is 0. The number of carboxylic acid groups (broad SMARTS) is 1. The summed E-state index contributed by atoms with van der Waals surface area (Å²) in [6, 6.07) is -1.03. The summed E-state index contributed by atoms with van der Waals surface area (Å²) < 4.78 is 0. The second kappa shape index (κ2) is 3.74. The van der Waals surface area contributed by atoms with E-state index < -0.39 is 24.1 Å². The lowest BCUT2D eigenvalue weighted by molar-refractivity contribution is -0.142. The molecule has 0 radical (unpaired) electrons. The van der Waals surface area contributed by atoms with Gasteiger partial charge in [0.1, 0.15) is 0 Å². The molecule has 2 unspecified atom stereocenters. The number of rotatable bonds is 3. The normalized spacial score (nSPS) is 22.0. The summed E-state index contributed by atoms with van der Waals surface area (Å²) in [4.78, 5) is 15.4. The van der Waals surface area contributed by atoms with Crippen molar-refractivity contribution in [1.29, 1.82) is 5.41 Å².